The van der Waals surface area contributed by atoms with Crippen LogP contribution in [-0.4, -0.2) is 78.0 Å². The van der Waals surface area contributed by atoms with Crippen molar-refractivity contribution in [2.75, 3.05) is 45.1 Å². The number of benzene rings is 2. The minimum absolute atomic E-state index is 0.0292. The van der Waals surface area contributed by atoms with E-state index >= 15 is 0 Å². The van der Waals surface area contributed by atoms with Gasteiger partial charge in [0, 0.05) is 37.3 Å². The topological polar surface area (TPSA) is 122 Å². The lowest BCUT2D eigenvalue weighted by atomic mass is 10.1. The number of anilines is 1. The number of halogens is 3. The van der Waals surface area contributed by atoms with E-state index in [1.807, 2.05) is 11.9 Å². The Kier molecular flexibility index (Phi) is 9.07. The summed E-state index contributed by atoms with van der Waals surface area (Å²) in [6, 6.07) is 11.7. The van der Waals surface area contributed by atoms with Crippen LogP contribution in [0, 0.1) is 10.8 Å². The van der Waals surface area contributed by atoms with E-state index in [0.29, 0.717) is 30.4 Å². The van der Waals surface area contributed by atoms with Crippen LogP contribution < -0.4 is 15.4 Å². The number of rotatable bonds is 6. The van der Waals surface area contributed by atoms with Gasteiger partial charge in [-0.05, 0) is 37.0 Å². The van der Waals surface area contributed by atoms with Crippen LogP contribution in [0.5, 0.6) is 5.75 Å². The lowest BCUT2D eigenvalue weighted by Crippen LogP contribution is -2.47. The van der Waals surface area contributed by atoms with Crippen LogP contribution in [0.25, 0.3) is 0 Å². The Morgan fingerprint density at radius 3 is 2.33 bits per heavy atom. The standard InChI is InChI=1S/C23H25F3N6O3S/c1-31-9-11-32(12-10-31)14-19(33)29-17-13-16(7-8-18(17)35-23(24,25)26)21(34)30-22(28)36-20(27)15-5-3-2-4-6-15/h2-8,13,27H,9-12,14H2,1H3,(H,29,33)(H2,28,30,34). The fraction of sp³-hybridized carbons (Fsp3) is 0.304. The zero-order valence-corrected chi connectivity index (χ0v) is 20.1. The molecule has 3 rings (SSSR count). The molecule has 2 aromatic rings. The van der Waals surface area contributed by atoms with Crippen LogP contribution in [0.15, 0.2) is 48.5 Å². The number of alkyl halides is 3. The third-order valence-corrected chi connectivity index (χ3v) is 5.92. The molecule has 0 unspecified atom stereocenters. The summed E-state index contributed by atoms with van der Waals surface area (Å²) in [5.41, 5.74) is 0.131. The summed E-state index contributed by atoms with van der Waals surface area (Å²) in [6.07, 6.45) is -5.00. The smallest absolute Gasteiger partial charge is 0.404 e. The number of thioether (sulfide) groups is 1. The molecular formula is C23H25F3N6O3S. The first-order chi connectivity index (χ1) is 17.0. The van der Waals surface area contributed by atoms with Crippen molar-refractivity contribution in [1.29, 1.82) is 10.8 Å². The molecule has 4 N–H and O–H groups in total. The maximum absolute atomic E-state index is 12.9. The molecule has 36 heavy (non-hydrogen) atoms. The second-order valence-corrected chi connectivity index (χ2v) is 8.99. The number of amides is 2. The molecular weight excluding hydrogens is 497 g/mol. The molecule has 1 saturated heterocycles. The number of carbonyl (C=O) groups excluding carboxylic acids is 2. The van der Waals surface area contributed by atoms with E-state index in [1.165, 1.54) is 0 Å². The molecule has 0 atom stereocenters. The van der Waals surface area contributed by atoms with E-state index < -0.39 is 23.9 Å². The Morgan fingerprint density at radius 2 is 1.69 bits per heavy atom. The maximum atomic E-state index is 12.9. The summed E-state index contributed by atoms with van der Waals surface area (Å²) in [5.74, 6) is -2.01. The summed E-state index contributed by atoms with van der Waals surface area (Å²) in [7, 11) is 1.96. The van der Waals surface area contributed by atoms with Crippen molar-refractivity contribution in [1.82, 2.24) is 15.1 Å². The average molecular weight is 523 g/mol. The highest BCUT2D eigenvalue weighted by Gasteiger charge is 2.32. The molecule has 0 saturated carbocycles. The van der Waals surface area contributed by atoms with Crippen molar-refractivity contribution in [3.63, 3.8) is 0 Å². The van der Waals surface area contributed by atoms with E-state index in [2.05, 4.69) is 20.3 Å². The SMILES string of the molecule is CN1CCN(CC(=O)Nc2cc(C(=O)NC(=N)SC(=N)c3ccccc3)ccc2OC(F)(F)F)CC1. The highest BCUT2D eigenvalue weighted by atomic mass is 32.2. The number of amidine groups is 1. The normalized spacial score (nSPS) is 14.7. The van der Waals surface area contributed by atoms with Gasteiger partial charge in [0.1, 0.15) is 5.04 Å². The molecule has 0 spiro atoms. The van der Waals surface area contributed by atoms with E-state index in [-0.39, 0.29) is 28.0 Å². The van der Waals surface area contributed by atoms with E-state index in [0.717, 1.165) is 31.3 Å². The average Bonchev–Trinajstić information content (AvgIpc) is 2.81. The minimum atomic E-state index is -5.00. The van der Waals surface area contributed by atoms with E-state index in [9.17, 15) is 22.8 Å². The first-order valence-corrected chi connectivity index (χ1v) is 11.6. The number of hydrogen-bond donors (Lipinski definition) is 4. The van der Waals surface area contributed by atoms with E-state index in [4.69, 9.17) is 10.8 Å². The predicted molar refractivity (Wildman–Crippen MR) is 132 cm³/mol. The van der Waals surface area contributed by atoms with Gasteiger partial charge >= 0.3 is 6.36 Å². The molecule has 1 fully saturated rings. The third kappa shape index (κ3) is 8.36. The molecule has 1 aliphatic heterocycles. The van der Waals surface area contributed by atoms with Crippen LogP contribution in [0.4, 0.5) is 18.9 Å². The van der Waals surface area contributed by atoms with Crippen molar-refractivity contribution in [2.24, 2.45) is 0 Å². The van der Waals surface area contributed by atoms with Crippen LogP contribution in [0.2, 0.25) is 0 Å². The summed E-state index contributed by atoms with van der Waals surface area (Å²) in [5, 5.41) is 20.4. The zero-order valence-electron chi connectivity index (χ0n) is 19.3. The Morgan fingerprint density at radius 1 is 1.03 bits per heavy atom. The quantitative estimate of drug-likeness (QED) is 0.342. The fourth-order valence-electron chi connectivity index (χ4n) is 3.33. The van der Waals surface area contributed by atoms with Crippen molar-refractivity contribution in [3.8, 4) is 5.75 Å². The molecule has 192 valence electrons. The van der Waals surface area contributed by atoms with Gasteiger partial charge in [-0.25, -0.2) is 0 Å². The molecule has 1 heterocycles. The molecule has 0 bridgehead atoms. The van der Waals surface area contributed by atoms with Crippen LogP contribution >= 0.6 is 11.8 Å². The summed E-state index contributed by atoms with van der Waals surface area (Å²) in [4.78, 5) is 29.1. The van der Waals surface area contributed by atoms with Gasteiger partial charge in [-0.3, -0.25) is 25.3 Å². The monoisotopic (exact) mass is 522 g/mol. The van der Waals surface area contributed by atoms with Crippen molar-refractivity contribution >= 4 is 39.5 Å². The zero-order chi connectivity index (χ0) is 26.3. The number of carbonyl (C=O) groups is 2. The molecule has 0 aromatic heterocycles. The second kappa shape index (κ2) is 12.0. The lowest BCUT2D eigenvalue weighted by molar-refractivity contribution is -0.274. The van der Waals surface area contributed by atoms with Gasteiger partial charge in [0.05, 0.1) is 12.2 Å². The molecule has 2 aromatic carbocycles. The Balaban J connectivity index is 1.69. The van der Waals surface area contributed by atoms with Crippen molar-refractivity contribution in [2.45, 2.75) is 6.36 Å². The number of nitrogens with zero attached hydrogens (tertiary/aromatic N) is 2. The Hall–Kier alpha value is -3.42. The van der Waals surface area contributed by atoms with Gasteiger partial charge in [0.2, 0.25) is 5.91 Å². The summed E-state index contributed by atoms with van der Waals surface area (Å²) < 4.78 is 42.7. The largest absolute Gasteiger partial charge is 0.573 e. The summed E-state index contributed by atoms with van der Waals surface area (Å²) in [6.45, 7) is 2.76. The third-order valence-electron chi connectivity index (χ3n) is 5.17. The van der Waals surface area contributed by atoms with Gasteiger partial charge in [0.25, 0.3) is 5.91 Å². The highest BCUT2D eigenvalue weighted by Crippen LogP contribution is 2.31. The Labute approximate surface area is 210 Å². The first kappa shape index (κ1) is 27.2. The number of hydrogen-bond acceptors (Lipinski definition) is 8. The van der Waals surface area contributed by atoms with Gasteiger partial charge < -0.3 is 20.3 Å². The minimum Gasteiger partial charge on any atom is -0.404 e. The predicted octanol–water partition coefficient (Wildman–Crippen LogP) is 3.19. The molecule has 0 aliphatic carbocycles. The van der Waals surface area contributed by atoms with Gasteiger partial charge in [-0.2, -0.15) is 0 Å². The molecule has 2 amide bonds. The first-order valence-electron chi connectivity index (χ1n) is 10.8. The van der Waals surface area contributed by atoms with Crippen LogP contribution in [-0.2, 0) is 4.79 Å². The number of piperazine rings is 1. The second-order valence-electron chi connectivity index (χ2n) is 7.97. The van der Waals surface area contributed by atoms with Crippen LogP contribution in [0.1, 0.15) is 15.9 Å². The maximum Gasteiger partial charge on any atom is 0.573 e. The fourth-order valence-corrected chi connectivity index (χ4v) is 3.93. The molecule has 9 nitrogen and oxygen atoms in total. The lowest BCUT2D eigenvalue weighted by Gasteiger charge is -2.31. The van der Waals surface area contributed by atoms with Gasteiger partial charge in [-0.1, -0.05) is 30.3 Å². The number of nitrogens with one attached hydrogen (secondary N) is 4. The number of likely N-dealkylation sites (N-methyl/N-ethyl adjacent to an activating group) is 1. The Bertz CT molecular complexity index is 1120. The summed E-state index contributed by atoms with van der Waals surface area (Å²) >= 11 is 0.704. The molecule has 13 heteroatoms. The van der Waals surface area contributed by atoms with E-state index in [1.54, 1.807) is 30.3 Å². The highest BCUT2D eigenvalue weighted by molar-refractivity contribution is 8.26. The van der Waals surface area contributed by atoms with Crippen molar-refractivity contribution < 1.29 is 27.5 Å². The van der Waals surface area contributed by atoms with Crippen LogP contribution in [0.3, 0.4) is 0 Å². The number of ether oxygens (including phenoxy) is 1. The van der Waals surface area contributed by atoms with Gasteiger partial charge in [0.15, 0.2) is 10.9 Å². The molecule has 1 aliphatic rings. The molecule has 0 radical (unpaired) electrons. The van der Waals surface area contributed by atoms with Gasteiger partial charge in [-0.15, -0.1) is 13.2 Å². The van der Waals surface area contributed by atoms with Crippen molar-refractivity contribution in [3.05, 3.63) is 59.7 Å².